The van der Waals surface area contributed by atoms with E-state index in [-0.39, 0.29) is 28.5 Å². The van der Waals surface area contributed by atoms with Crippen molar-refractivity contribution in [2.75, 3.05) is 20.3 Å². The van der Waals surface area contributed by atoms with Gasteiger partial charge in [-0.3, -0.25) is 4.79 Å². The number of carbonyl (C=O) groups is 1. The first kappa shape index (κ1) is 16.1. The fourth-order valence-corrected chi connectivity index (χ4v) is 3.20. The van der Waals surface area contributed by atoms with Crippen LogP contribution in [0, 0.1) is 5.41 Å². The zero-order valence-electron chi connectivity index (χ0n) is 12.3. The van der Waals surface area contributed by atoms with Gasteiger partial charge >= 0.3 is 0 Å². The first-order chi connectivity index (χ1) is 10.0. The van der Waals surface area contributed by atoms with Crippen LogP contribution in [-0.2, 0) is 16.0 Å². The van der Waals surface area contributed by atoms with Gasteiger partial charge in [-0.15, -0.1) is 0 Å². The van der Waals surface area contributed by atoms with E-state index in [1.54, 1.807) is 19.2 Å². The first-order valence-electron chi connectivity index (χ1n) is 7.28. The van der Waals surface area contributed by atoms with Gasteiger partial charge in [0.25, 0.3) is 0 Å². The molecule has 0 heterocycles. The van der Waals surface area contributed by atoms with Gasteiger partial charge in [0.05, 0.1) is 18.1 Å². The molecule has 0 saturated heterocycles. The maximum atomic E-state index is 12.1. The molecule has 5 heteroatoms. The zero-order chi connectivity index (χ0) is 15.3. The minimum absolute atomic E-state index is 0.0286. The Balaban J connectivity index is 1.87. The maximum absolute atomic E-state index is 12.1. The summed E-state index contributed by atoms with van der Waals surface area (Å²) >= 11 is 5.84. The Labute approximate surface area is 130 Å². The molecule has 1 aromatic rings. The third-order valence-corrected chi connectivity index (χ3v) is 4.45. The molecule has 2 rings (SSSR count). The molecule has 1 saturated carbocycles. The molecule has 1 aliphatic carbocycles. The van der Waals surface area contributed by atoms with Crippen molar-refractivity contribution < 1.29 is 14.6 Å². The minimum Gasteiger partial charge on any atom is -0.506 e. The van der Waals surface area contributed by atoms with E-state index in [1.807, 2.05) is 0 Å². The Bertz CT molecular complexity index is 498. The fourth-order valence-electron chi connectivity index (χ4n) is 3.00. The summed E-state index contributed by atoms with van der Waals surface area (Å²) in [5.74, 6) is 0.00459. The molecule has 1 fully saturated rings. The number of methoxy groups -OCH3 is 1. The molecule has 0 aliphatic heterocycles. The number of nitrogens with one attached hydrogen (secondary N) is 1. The Hall–Kier alpha value is -1.26. The number of hydrogen-bond acceptors (Lipinski definition) is 3. The number of phenols is 1. The van der Waals surface area contributed by atoms with E-state index in [9.17, 15) is 9.90 Å². The molecule has 1 amide bonds. The highest BCUT2D eigenvalue weighted by Crippen LogP contribution is 2.37. The van der Waals surface area contributed by atoms with Gasteiger partial charge in [-0.05, 0) is 30.5 Å². The lowest BCUT2D eigenvalue weighted by Crippen LogP contribution is -2.39. The summed E-state index contributed by atoms with van der Waals surface area (Å²) in [7, 11) is 1.71. The van der Waals surface area contributed by atoms with Crippen LogP contribution in [-0.4, -0.2) is 31.3 Å². The molecule has 0 aromatic heterocycles. The monoisotopic (exact) mass is 311 g/mol. The highest BCUT2D eigenvalue weighted by Gasteiger charge is 2.34. The second-order valence-electron chi connectivity index (χ2n) is 5.88. The molecular formula is C16H22ClNO3. The number of amides is 1. The SMILES string of the molecule is COCC1(CNC(=O)Cc2ccc(O)c(Cl)c2)CCCC1. The number of aromatic hydroxyl groups is 1. The summed E-state index contributed by atoms with van der Waals surface area (Å²) in [5, 5.41) is 12.6. The molecule has 0 atom stereocenters. The number of ether oxygens (including phenoxy) is 1. The van der Waals surface area contributed by atoms with E-state index in [1.165, 1.54) is 18.9 Å². The quantitative estimate of drug-likeness (QED) is 0.849. The lowest BCUT2D eigenvalue weighted by molar-refractivity contribution is -0.121. The molecule has 2 N–H and O–H groups in total. The largest absolute Gasteiger partial charge is 0.506 e. The van der Waals surface area contributed by atoms with Crippen molar-refractivity contribution >= 4 is 17.5 Å². The van der Waals surface area contributed by atoms with Crippen LogP contribution in [0.5, 0.6) is 5.75 Å². The van der Waals surface area contributed by atoms with Crippen LogP contribution in [0.2, 0.25) is 5.02 Å². The molecule has 4 nitrogen and oxygen atoms in total. The molecule has 0 unspecified atom stereocenters. The summed E-state index contributed by atoms with van der Waals surface area (Å²) in [6, 6.07) is 4.84. The smallest absolute Gasteiger partial charge is 0.224 e. The van der Waals surface area contributed by atoms with E-state index in [2.05, 4.69) is 5.32 Å². The van der Waals surface area contributed by atoms with Gasteiger partial charge in [0.15, 0.2) is 0 Å². The van der Waals surface area contributed by atoms with Gasteiger partial charge in [-0.25, -0.2) is 0 Å². The number of carbonyl (C=O) groups excluding carboxylic acids is 1. The van der Waals surface area contributed by atoms with Gasteiger partial charge in [0.1, 0.15) is 5.75 Å². The molecule has 0 radical (unpaired) electrons. The van der Waals surface area contributed by atoms with E-state index in [4.69, 9.17) is 16.3 Å². The highest BCUT2D eigenvalue weighted by molar-refractivity contribution is 6.32. The molecule has 1 aliphatic rings. The van der Waals surface area contributed by atoms with Crippen molar-refractivity contribution in [1.29, 1.82) is 0 Å². The summed E-state index contributed by atoms with van der Waals surface area (Å²) in [6.45, 7) is 1.35. The Morgan fingerprint density at radius 2 is 2.14 bits per heavy atom. The van der Waals surface area contributed by atoms with Crippen molar-refractivity contribution in [2.45, 2.75) is 32.1 Å². The summed E-state index contributed by atoms with van der Waals surface area (Å²) in [6.07, 6.45) is 4.88. The molecular weight excluding hydrogens is 290 g/mol. The third kappa shape index (κ3) is 4.35. The number of phenolic OH excluding ortho intramolecular Hbond substituents is 1. The van der Waals surface area contributed by atoms with Crippen LogP contribution in [0.15, 0.2) is 18.2 Å². The van der Waals surface area contributed by atoms with Gasteiger partial charge < -0.3 is 15.2 Å². The average molecular weight is 312 g/mol. The van der Waals surface area contributed by atoms with Crippen LogP contribution in [0.25, 0.3) is 0 Å². The number of hydrogen-bond donors (Lipinski definition) is 2. The van der Waals surface area contributed by atoms with Gasteiger partial charge in [-0.1, -0.05) is 30.5 Å². The standard InChI is InChI=1S/C16H22ClNO3/c1-21-11-16(6-2-3-7-16)10-18-15(20)9-12-4-5-14(19)13(17)8-12/h4-5,8,19H,2-3,6-7,9-11H2,1H3,(H,18,20). The van der Waals surface area contributed by atoms with Crippen LogP contribution in [0.4, 0.5) is 0 Å². The second kappa shape index (κ2) is 7.14. The lowest BCUT2D eigenvalue weighted by atomic mass is 9.87. The van der Waals surface area contributed by atoms with E-state index in [0.717, 1.165) is 18.4 Å². The number of benzene rings is 1. The Morgan fingerprint density at radius 3 is 2.76 bits per heavy atom. The lowest BCUT2D eigenvalue weighted by Gasteiger charge is -2.28. The number of halogens is 1. The van der Waals surface area contributed by atoms with Crippen LogP contribution >= 0.6 is 11.6 Å². The van der Waals surface area contributed by atoms with Crippen LogP contribution in [0.1, 0.15) is 31.2 Å². The minimum atomic E-state index is -0.0286. The Morgan fingerprint density at radius 1 is 1.43 bits per heavy atom. The highest BCUT2D eigenvalue weighted by atomic mass is 35.5. The van der Waals surface area contributed by atoms with Crippen molar-refractivity contribution in [3.05, 3.63) is 28.8 Å². The summed E-state index contributed by atoms with van der Waals surface area (Å²) in [5.41, 5.74) is 0.888. The van der Waals surface area contributed by atoms with Crippen molar-refractivity contribution in [2.24, 2.45) is 5.41 Å². The molecule has 21 heavy (non-hydrogen) atoms. The van der Waals surface area contributed by atoms with E-state index in [0.29, 0.717) is 13.2 Å². The normalized spacial score (nSPS) is 16.9. The zero-order valence-corrected chi connectivity index (χ0v) is 13.1. The van der Waals surface area contributed by atoms with Crippen LogP contribution in [0.3, 0.4) is 0 Å². The molecule has 1 aromatic carbocycles. The van der Waals surface area contributed by atoms with Crippen LogP contribution < -0.4 is 5.32 Å². The molecule has 116 valence electrons. The van der Waals surface area contributed by atoms with Gasteiger partial charge in [-0.2, -0.15) is 0 Å². The molecule has 0 bridgehead atoms. The molecule has 0 spiro atoms. The third-order valence-electron chi connectivity index (χ3n) is 4.15. The van der Waals surface area contributed by atoms with Crippen molar-refractivity contribution in [3.63, 3.8) is 0 Å². The summed E-state index contributed by atoms with van der Waals surface area (Å²) < 4.78 is 5.31. The average Bonchev–Trinajstić information content (AvgIpc) is 2.90. The predicted octanol–water partition coefficient (Wildman–Crippen LogP) is 2.91. The predicted molar refractivity (Wildman–Crippen MR) is 82.6 cm³/mol. The van der Waals surface area contributed by atoms with E-state index >= 15 is 0 Å². The maximum Gasteiger partial charge on any atom is 0.224 e. The second-order valence-corrected chi connectivity index (χ2v) is 6.29. The fraction of sp³-hybridized carbons (Fsp3) is 0.562. The summed E-state index contributed by atoms with van der Waals surface area (Å²) in [4.78, 5) is 12.1. The van der Waals surface area contributed by atoms with Gasteiger partial charge in [0, 0.05) is 19.1 Å². The van der Waals surface area contributed by atoms with Crippen molar-refractivity contribution in [1.82, 2.24) is 5.32 Å². The topological polar surface area (TPSA) is 58.6 Å². The van der Waals surface area contributed by atoms with Crippen molar-refractivity contribution in [3.8, 4) is 5.75 Å². The van der Waals surface area contributed by atoms with Gasteiger partial charge in [0.2, 0.25) is 5.91 Å². The van der Waals surface area contributed by atoms with E-state index < -0.39 is 0 Å². The number of rotatable bonds is 6. The first-order valence-corrected chi connectivity index (χ1v) is 7.65. The Kier molecular flexibility index (Phi) is 5.48.